The lowest BCUT2D eigenvalue weighted by atomic mass is 10.1. The average Bonchev–Trinajstić information content (AvgIpc) is 2.95. The van der Waals surface area contributed by atoms with Crippen molar-refractivity contribution in [3.05, 3.63) is 47.3 Å². The summed E-state index contributed by atoms with van der Waals surface area (Å²) in [7, 11) is 0. The van der Waals surface area contributed by atoms with Gasteiger partial charge in [-0.2, -0.15) is 13.9 Å². The molecular formula is C15H17F2N3O2. The van der Waals surface area contributed by atoms with Gasteiger partial charge in [-0.1, -0.05) is 12.1 Å². The number of aromatic amines is 1. The molecule has 0 radical (unpaired) electrons. The Kier molecular flexibility index (Phi) is 4.35. The largest absolute Gasteiger partial charge is 0.435 e. The van der Waals surface area contributed by atoms with Crippen molar-refractivity contribution in [2.45, 2.75) is 25.7 Å². The lowest BCUT2D eigenvalue weighted by Gasteiger charge is -2.28. The third-order valence-electron chi connectivity index (χ3n) is 3.80. The van der Waals surface area contributed by atoms with Gasteiger partial charge in [-0.05, 0) is 17.7 Å². The van der Waals surface area contributed by atoms with Crippen LogP contribution in [0.4, 0.5) is 8.78 Å². The molecule has 22 heavy (non-hydrogen) atoms. The molecule has 0 saturated heterocycles. The quantitative estimate of drug-likeness (QED) is 0.888. The fourth-order valence-electron chi connectivity index (χ4n) is 2.66. The minimum absolute atomic E-state index is 0.0898. The van der Waals surface area contributed by atoms with E-state index in [4.69, 9.17) is 0 Å². The molecule has 1 aliphatic heterocycles. The van der Waals surface area contributed by atoms with Gasteiger partial charge in [0.25, 0.3) is 0 Å². The van der Waals surface area contributed by atoms with Crippen LogP contribution in [0.15, 0.2) is 30.5 Å². The number of hydrogen-bond acceptors (Lipinski definition) is 4. The van der Waals surface area contributed by atoms with E-state index in [1.165, 1.54) is 12.1 Å². The van der Waals surface area contributed by atoms with Crippen molar-refractivity contribution in [2.24, 2.45) is 0 Å². The van der Waals surface area contributed by atoms with Crippen LogP contribution in [-0.4, -0.2) is 39.9 Å². The maximum Gasteiger partial charge on any atom is 0.387 e. The zero-order valence-electron chi connectivity index (χ0n) is 11.9. The second-order valence-electron chi connectivity index (χ2n) is 5.32. The van der Waals surface area contributed by atoms with Gasteiger partial charge in [-0.3, -0.25) is 10.00 Å². The molecule has 1 aromatic heterocycles. The molecule has 118 valence electrons. The van der Waals surface area contributed by atoms with Crippen molar-refractivity contribution in [1.29, 1.82) is 0 Å². The molecule has 7 heteroatoms. The van der Waals surface area contributed by atoms with Gasteiger partial charge in [-0.15, -0.1) is 0 Å². The first-order chi connectivity index (χ1) is 10.6. The fraction of sp³-hybridized carbons (Fsp3) is 0.400. The second kappa shape index (κ2) is 6.41. The Morgan fingerprint density at radius 2 is 2.09 bits per heavy atom. The molecule has 2 aromatic rings. The third kappa shape index (κ3) is 3.42. The van der Waals surface area contributed by atoms with Crippen LogP contribution in [0.2, 0.25) is 0 Å². The van der Waals surface area contributed by atoms with Crippen LogP contribution >= 0.6 is 0 Å². The number of alkyl halides is 2. The van der Waals surface area contributed by atoms with Crippen molar-refractivity contribution < 1.29 is 18.6 Å². The fourth-order valence-corrected chi connectivity index (χ4v) is 2.66. The molecule has 0 fully saturated rings. The van der Waals surface area contributed by atoms with Crippen LogP contribution in [0.25, 0.3) is 0 Å². The molecular weight excluding hydrogens is 292 g/mol. The Bertz CT molecular complexity index is 616. The van der Waals surface area contributed by atoms with E-state index < -0.39 is 12.7 Å². The van der Waals surface area contributed by atoms with Gasteiger partial charge >= 0.3 is 6.61 Å². The molecule has 1 aromatic carbocycles. The minimum atomic E-state index is -2.84. The summed E-state index contributed by atoms with van der Waals surface area (Å²) < 4.78 is 28.5. The van der Waals surface area contributed by atoms with Gasteiger partial charge in [0.2, 0.25) is 0 Å². The Hall–Kier alpha value is -1.99. The first-order valence-corrected chi connectivity index (χ1v) is 7.08. The number of aliphatic hydroxyl groups is 1. The van der Waals surface area contributed by atoms with Crippen LogP contribution < -0.4 is 4.74 Å². The monoisotopic (exact) mass is 309 g/mol. The van der Waals surface area contributed by atoms with Gasteiger partial charge in [0.15, 0.2) is 0 Å². The van der Waals surface area contributed by atoms with Crippen LogP contribution in [0, 0.1) is 0 Å². The number of fused-ring (bicyclic) bond motifs is 1. The van der Waals surface area contributed by atoms with E-state index >= 15 is 0 Å². The van der Waals surface area contributed by atoms with Gasteiger partial charge in [0.05, 0.1) is 12.3 Å². The first kappa shape index (κ1) is 14.9. The van der Waals surface area contributed by atoms with Gasteiger partial charge in [-0.25, -0.2) is 0 Å². The second-order valence-corrected chi connectivity index (χ2v) is 5.32. The van der Waals surface area contributed by atoms with Gasteiger partial charge in [0.1, 0.15) is 5.75 Å². The zero-order chi connectivity index (χ0) is 15.5. The van der Waals surface area contributed by atoms with E-state index in [9.17, 15) is 13.9 Å². The lowest BCUT2D eigenvalue weighted by Crippen LogP contribution is -2.33. The van der Waals surface area contributed by atoms with Crippen molar-refractivity contribution in [2.75, 3.05) is 13.1 Å². The molecule has 0 aliphatic carbocycles. The number of ether oxygens (including phenoxy) is 1. The summed E-state index contributed by atoms with van der Waals surface area (Å²) in [5, 5.41) is 17.3. The smallest absolute Gasteiger partial charge is 0.387 e. The topological polar surface area (TPSA) is 61.4 Å². The standard InChI is InChI=1S/C15H17F2N3O2/c16-15(17)22-12-3-1-10(2-4-12)14(21)9-20-6-5-13-11(8-20)7-18-19-13/h1-4,7,14-15,21H,5-6,8-9H2,(H,18,19). The summed E-state index contributed by atoms with van der Waals surface area (Å²) in [5.74, 6) is 0.0898. The number of aliphatic hydroxyl groups excluding tert-OH is 1. The van der Waals surface area contributed by atoms with Gasteiger partial charge < -0.3 is 9.84 Å². The molecule has 1 unspecified atom stereocenters. The van der Waals surface area contributed by atoms with Crippen molar-refractivity contribution >= 4 is 0 Å². The maximum absolute atomic E-state index is 12.1. The van der Waals surface area contributed by atoms with E-state index in [0.29, 0.717) is 12.1 Å². The number of aromatic nitrogens is 2. The highest BCUT2D eigenvalue weighted by atomic mass is 19.3. The summed E-state index contributed by atoms with van der Waals surface area (Å²) in [6, 6.07) is 6.09. The van der Waals surface area contributed by atoms with E-state index in [0.717, 1.165) is 30.8 Å². The van der Waals surface area contributed by atoms with Crippen molar-refractivity contribution in [3.8, 4) is 5.75 Å². The predicted molar refractivity (Wildman–Crippen MR) is 75.6 cm³/mol. The maximum atomic E-state index is 12.1. The van der Waals surface area contributed by atoms with Crippen molar-refractivity contribution in [3.63, 3.8) is 0 Å². The van der Waals surface area contributed by atoms with Crippen LogP contribution in [-0.2, 0) is 13.0 Å². The van der Waals surface area contributed by atoms with E-state index in [1.807, 2.05) is 6.20 Å². The number of nitrogens with one attached hydrogen (secondary N) is 1. The summed E-state index contributed by atoms with van der Waals surface area (Å²) in [5.41, 5.74) is 2.98. The molecule has 1 atom stereocenters. The molecule has 0 spiro atoms. The predicted octanol–water partition coefficient (Wildman–Crippen LogP) is 2.10. The molecule has 1 aliphatic rings. The Morgan fingerprint density at radius 1 is 1.32 bits per heavy atom. The number of benzene rings is 1. The Morgan fingerprint density at radius 3 is 2.82 bits per heavy atom. The Labute approximate surface area is 126 Å². The van der Waals surface area contributed by atoms with Crippen LogP contribution in [0.3, 0.4) is 0 Å². The molecule has 0 bridgehead atoms. The van der Waals surface area contributed by atoms with E-state index in [2.05, 4.69) is 19.8 Å². The summed E-state index contributed by atoms with van der Waals surface area (Å²) >= 11 is 0. The van der Waals surface area contributed by atoms with Gasteiger partial charge in [0, 0.05) is 37.3 Å². The highest BCUT2D eigenvalue weighted by molar-refractivity contribution is 5.29. The number of halogens is 2. The van der Waals surface area contributed by atoms with E-state index in [-0.39, 0.29) is 5.75 Å². The SMILES string of the molecule is OC(CN1CCc2[nH]ncc2C1)c1ccc(OC(F)F)cc1. The molecule has 3 rings (SSSR count). The summed E-state index contributed by atoms with van der Waals surface area (Å²) in [6.07, 6.45) is 2.02. The number of hydrogen-bond donors (Lipinski definition) is 2. The number of rotatable bonds is 5. The van der Waals surface area contributed by atoms with E-state index in [1.54, 1.807) is 12.1 Å². The molecule has 5 nitrogen and oxygen atoms in total. The molecule has 0 saturated carbocycles. The summed E-state index contributed by atoms with van der Waals surface area (Å²) in [4.78, 5) is 2.14. The molecule has 2 heterocycles. The molecule has 0 amide bonds. The first-order valence-electron chi connectivity index (χ1n) is 7.08. The zero-order valence-corrected chi connectivity index (χ0v) is 11.9. The molecule has 2 N–H and O–H groups in total. The highest BCUT2D eigenvalue weighted by Gasteiger charge is 2.20. The Balaban J connectivity index is 1.59. The van der Waals surface area contributed by atoms with Crippen molar-refractivity contribution in [1.82, 2.24) is 15.1 Å². The third-order valence-corrected chi connectivity index (χ3v) is 3.80. The normalized spacial score (nSPS) is 16.5. The van der Waals surface area contributed by atoms with Crippen LogP contribution in [0.5, 0.6) is 5.75 Å². The summed E-state index contributed by atoms with van der Waals surface area (Å²) in [6.45, 7) is -0.762. The number of β-amino-alcohol motifs (C(OH)–C–C–N with tert-alkyl or cyclic N) is 1. The van der Waals surface area contributed by atoms with Crippen LogP contribution in [0.1, 0.15) is 22.9 Å². The average molecular weight is 309 g/mol. The number of H-pyrrole nitrogens is 1. The lowest BCUT2D eigenvalue weighted by molar-refractivity contribution is -0.0498. The number of nitrogens with zero attached hydrogens (tertiary/aromatic N) is 2. The highest BCUT2D eigenvalue weighted by Crippen LogP contribution is 2.22. The minimum Gasteiger partial charge on any atom is -0.435 e.